The molecule has 0 bridgehead atoms. The van der Waals surface area contributed by atoms with Crippen LogP contribution in [-0.4, -0.2) is 57.9 Å². The summed E-state index contributed by atoms with van der Waals surface area (Å²) in [5, 5.41) is 0.562. The highest BCUT2D eigenvalue weighted by atomic mass is 35.5. The van der Waals surface area contributed by atoms with Crippen LogP contribution < -0.4 is 4.74 Å². The highest BCUT2D eigenvalue weighted by Gasteiger charge is 2.33. The lowest BCUT2D eigenvalue weighted by molar-refractivity contribution is 0.0692. The molecule has 1 fully saturated rings. The molecule has 2 amide bonds. The molecule has 9 heteroatoms. The third-order valence-electron chi connectivity index (χ3n) is 9.31. The molecule has 2 aromatic heterocycles. The lowest BCUT2D eigenvalue weighted by Crippen LogP contribution is -2.44. The SMILES string of the molecule is Cc1cc(Cl)cc(-c2cnc3ccc(-c4cccc(OCc5ccccc5)c4)nc3c2C(=O)N(C)C[C@@H]2CCCN2C(=O)OCc2ccccc2)c1. The number of ether oxygens (including phenoxy) is 2. The van der Waals surface area contributed by atoms with Crippen LogP contribution in [0.2, 0.25) is 5.02 Å². The summed E-state index contributed by atoms with van der Waals surface area (Å²) in [6.45, 7) is 3.50. The number of hydrogen-bond acceptors (Lipinski definition) is 6. The van der Waals surface area contributed by atoms with Crippen molar-refractivity contribution in [2.75, 3.05) is 20.1 Å². The normalized spacial score (nSPS) is 14.0. The van der Waals surface area contributed by atoms with Crippen LogP contribution in [0.3, 0.4) is 0 Å². The van der Waals surface area contributed by atoms with E-state index >= 15 is 0 Å². The van der Waals surface area contributed by atoms with Gasteiger partial charge in [-0.1, -0.05) is 90.5 Å². The van der Waals surface area contributed by atoms with E-state index in [0.717, 1.165) is 40.7 Å². The zero-order valence-corrected chi connectivity index (χ0v) is 29.9. The van der Waals surface area contributed by atoms with Gasteiger partial charge in [-0.3, -0.25) is 9.78 Å². The minimum atomic E-state index is -0.377. The van der Waals surface area contributed by atoms with Gasteiger partial charge in [0.1, 0.15) is 24.5 Å². The number of carbonyl (C=O) groups is 2. The minimum Gasteiger partial charge on any atom is -0.489 e. The molecule has 8 nitrogen and oxygen atoms in total. The maximum absolute atomic E-state index is 14.7. The Hall–Kier alpha value is -5.73. The van der Waals surface area contributed by atoms with Crippen molar-refractivity contribution in [1.29, 1.82) is 0 Å². The first-order chi connectivity index (χ1) is 25.3. The molecule has 0 unspecified atom stereocenters. The van der Waals surface area contributed by atoms with Gasteiger partial charge in [-0.2, -0.15) is 0 Å². The van der Waals surface area contributed by atoms with Crippen molar-refractivity contribution >= 4 is 34.6 Å². The number of hydrogen-bond donors (Lipinski definition) is 0. The summed E-state index contributed by atoms with van der Waals surface area (Å²) < 4.78 is 11.8. The molecule has 0 saturated carbocycles. The number of likely N-dealkylation sites (N-methyl/N-ethyl adjacent to an activating group) is 1. The molecular formula is C43H39ClN4O4. The number of amides is 2. The van der Waals surface area contributed by atoms with Crippen molar-refractivity contribution in [1.82, 2.24) is 19.8 Å². The topological polar surface area (TPSA) is 84.9 Å². The van der Waals surface area contributed by atoms with E-state index in [0.29, 0.717) is 58.3 Å². The second-order valence-electron chi connectivity index (χ2n) is 13.1. The van der Waals surface area contributed by atoms with Crippen LogP contribution in [0.15, 0.2) is 121 Å². The Balaban J connectivity index is 1.20. The summed E-state index contributed by atoms with van der Waals surface area (Å²) in [5.41, 5.74) is 7.36. The smallest absolute Gasteiger partial charge is 0.410 e. The predicted octanol–water partition coefficient (Wildman–Crippen LogP) is 9.38. The fourth-order valence-electron chi connectivity index (χ4n) is 6.70. The van der Waals surface area contributed by atoms with E-state index in [1.54, 1.807) is 23.0 Å². The van der Waals surface area contributed by atoms with Crippen molar-refractivity contribution in [3.63, 3.8) is 0 Å². The summed E-state index contributed by atoms with van der Waals surface area (Å²) in [5.74, 6) is 0.484. The highest BCUT2D eigenvalue weighted by molar-refractivity contribution is 6.31. The number of pyridine rings is 2. The van der Waals surface area contributed by atoms with Crippen LogP contribution in [0, 0.1) is 6.92 Å². The Morgan fingerprint density at radius 1 is 0.865 bits per heavy atom. The number of likely N-dealkylation sites (tertiary alicyclic amines) is 1. The van der Waals surface area contributed by atoms with Crippen molar-refractivity contribution in [3.8, 4) is 28.1 Å². The first kappa shape index (κ1) is 34.7. The number of rotatable bonds is 10. The van der Waals surface area contributed by atoms with Gasteiger partial charge < -0.3 is 19.3 Å². The third kappa shape index (κ3) is 7.92. The van der Waals surface area contributed by atoms with Gasteiger partial charge in [0.25, 0.3) is 5.91 Å². The number of benzene rings is 4. The molecule has 262 valence electrons. The molecule has 1 atom stereocenters. The number of nitrogens with zero attached hydrogens (tertiary/aromatic N) is 4. The van der Waals surface area contributed by atoms with E-state index in [9.17, 15) is 9.59 Å². The van der Waals surface area contributed by atoms with Gasteiger partial charge in [-0.15, -0.1) is 0 Å². The summed E-state index contributed by atoms with van der Waals surface area (Å²) in [4.78, 5) is 41.1. The summed E-state index contributed by atoms with van der Waals surface area (Å²) >= 11 is 6.53. The van der Waals surface area contributed by atoms with Crippen LogP contribution in [-0.2, 0) is 18.0 Å². The highest BCUT2D eigenvalue weighted by Crippen LogP contribution is 2.34. The summed E-state index contributed by atoms with van der Waals surface area (Å²) in [6.07, 6.45) is 2.94. The molecule has 1 aliphatic heterocycles. The Morgan fingerprint density at radius 2 is 1.62 bits per heavy atom. The van der Waals surface area contributed by atoms with Crippen molar-refractivity contribution in [3.05, 3.63) is 149 Å². The molecule has 4 aromatic carbocycles. The second kappa shape index (κ2) is 15.7. The molecule has 6 aromatic rings. The molecule has 0 aliphatic carbocycles. The van der Waals surface area contributed by atoms with Gasteiger partial charge in [0.2, 0.25) is 0 Å². The number of aromatic nitrogens is 2. The fraction of sp³-hybridized carbons (Fsp3) is 0.209. The van der Waals surface area contributed by atoms with Gasteiger partial charge >= 0.3 is 6.09 Å². The molecule has 0 N–H and O–H groups in total. The second-order valence-corrected chi connectivity index (χ2v) is 13.6. The lowest BCUT2D eigenvalue weighted by atomic mass is 9.97. The Morgan fingerprint density at radius 3 is 2.37 bits per heavy atom. The van der Waals surface area contributed by atoms with Gasteiger partial charge in [0, 0.05) is 42.5 Å². The predicted molar refractivity (Wildman–Crippen MR) is 204 cm³/mol. The van der Waals surface area contributed by atoms with Crippen molar-refractivity contribution < 1.29 is 19.1 Å². The molecule has 3 heterocycles. The summed E-state index contributed by atoms with van der Waals surface area (Å²) in [6, 6.07) is 36.7. The van der Waals surface area contributed by atoms with Crippen molar-refractivity contribution in [2.45, 2.75) is 39.0 Å². The van der Waals surface area contributed by atoms with E-state index in [2.05, 4.69) is 0 Å². The average molecular weight is 711 g/mol. The van der Waals surface area contributed by atoms with Crippen LogP contribution in [0.5, 0.6) is 5.75 Å². The lowest BCUT2D eigenvalue weighted by Gasteiger charge is -2.29. The van der Waals surface area contributed by atoms with Gasteiger partial charge in [-0.25, -0.2) is 9.78 Å². The number of fused-ring (bicyclic) bond motifs is 1. The van der Waals surface area contributed by atoms with Gasteiger partial charge in [0.15, 0.2) is 0 Å². The fourth-order valence-corrected chi connectivity index (χ4v) is 6.99. The van der Waals surface area contributed by atoms with Crippen LogP contribution >= 0.6 is 11.6 Å². The number of halogens is 1. The van der Waals surface area contributed by atoms with Gasteiger partial charge in [0.05, 0.1) is 22.8 Å². The zero-order valence-electron chi connectivity index (χ0n) is 29.2. The van der Waals surface area contributed by atoms with Crippen LogP contribution in [0.1, 0.15) is 39.9 Å². The monoisotopic (exact) mass is 710 g/mol. The third-order valence-corrected chi connectivity index (χ3v) is 9.52. The largest absolute Gasteiger partial charge is 0.489 e. The standard InChI is InChI=1S/C43H39ClN4O4/c1-29-21-33(23-34(44)22-29)37-25-45-39-19-18-38(32-15-9-17-36(24-32)51-27-30-11-5-3-6-12-30)46-41(39)40(37)42(49)47(2)26-35-16-10-20-48(35)43(50)52-28-31-13-7-4-8-14-31/h3-9,11-15,17-19,21-25,35H,10,16,20,26-28H2,1-2H3/t35-/m0/s1. The minimum absolute atomic E-state index is 0.190. The van der Waals surface area contributed by atoms with Gasteiger partial charge in [-0.05, 0) is 78.4 Å². The molecule has 1 saturated heterocycles. The first-order valence-corrected chi connectivity index (χ1v) is 17.8. The molecule has 52 heavy (non-hydrogen) atoms. The maximum Gasteiger partial charge on any atom is 0.410 e. The van der Waals surface area contributed by atoms with Crippen LogP contribution in [0.4, 0.5) is 4.79 Å². The molecule has 0 radical (unpaired) electrons. The Kier molecular flexibility index (Phi) is 10.5. The molecular weight excluding hydrogens is 672 g/mol. The van der Waals surface area contributed by atoms with Crippen LogP contribution in [0.25, 0.3) is 33.4 Å². The van der Waals surface area contributed by atoms with E-state index in [-0.39, 0.29) is 24.6 Å². The zero-order chi connectivity index (χ0) is 36.0. The summed E-state index contributed by atoms with van der Waals surface area (Å²) in [7, 11) is 1.77. The van der Waals surface area contributed by atoms with E-state index in [1.165, 1.54) is 0 Å². The quantitative estimate of drug-likeness (QED) is 0.141. The Labute approximate surface area is 308 Å². The molecule has 7 rings (SSSR count). The van der Waals surface area contributed by atoms with E-state index in [1.807, 2.05) is 122 Å². The number of aryl methyl sites for hydroxylation is 1. The maximum atomic E-state index is 14.7. The van der Waals surface area contributed by atoms with E-state index < -0.39 is 0 Å². The Bertz CT molecular complexity index is 2190. The van der Waals surface area contributed by atoms with E-state index in [4.69, 9.17) is 31.0 Å². The number of carbonyl (C=O) groups excluding carboxylic acids is 2. The van der Waals surface area contributed by atoms with Crippen molar-refractivity contribution in [2.24, 2.45) is 0 Å². The molecule has 0 spiro atoms. The molecule has 1 aliphatic rings. The first-order valence-electron chi connectivity index (χ1n) is 17.4. The average Bonchev–Trinajstić information content (AvgIpc) is 3.64.